The van der Waals surface area contributed by atoms with Gasteiger partial charge in [0.1, 0.15) is 5.82 Å². The lowest BCUT2D eigenvalue weighted by molar-refractivity contribution is -0.124. The fraction of sp³-hybridized carbons (Fsp3) is 0.391. The fourth-order valence-electron chi connectivity index (χ4n) is 3.79. The molecule has 29 heavy (non-hydrogen) atoms. The second-order valence-electron chi connectivity index (χ2n) is 7.39. The molecule has 0 aliphatic heterocycles. The normalized spacial score (nSPS) is 14.7. The van der Waals surface area contributed by atoms with Gasteiger partial charge in [-0.15, -0.1) is 0 Å². The van der Waals surface area contributed by atoms with E-state index in [4.69, 9.17) is 9.47 Å². The van der Waals surface area contributed by atoms with E-state index in [1.165, 1.54) is 19.3 Å². The summed E-state index contributed by atoms with van der Waals surface area (Å²) in [5, 5.41) is 3.07. The van der Waals surface area contributed by atoms with Crippen LogP contribution in [0, 0.1) is 0 Å². The van der Waals surface area contributed by atoms with Gasteiger partial charge >= 0.3 is 0 Å². The van der Waals surface area contributed by atoms with Gasteiger partial charge < -0.3 is 19.8 Å². The quantitative estimate of drug-likeness (QED) is 0.621. The molecule has 1 fully saturated rings. The predicted molar refractivity (Wildman–Crippen MR) is 113 cm³/mol. The van der Waals surface area contributed by atoms with Crippen molar-refractivity contribution in [2.24, 2.45) is 0 Å². The van der Waals surface area contributed by atoms with Gasteiger partial charge in [0, 0.05) is 11.6 Å². The number of carbonyl (C=O) groups is 1. The lowest BCUT2D eigenvalue weighted by Gasteiger charge is -2.22. The second-order valence-corrected chi connectivity index (χ2v) is 7.39. The highest BCUT2D eigenvalue weighted by Gasteiger charge is 2.17. The van der Waals surface area contributed by atoms with Crippen LogP contribution in [0.1, 0.15) is 39.0 Å². The third kappa shape index (κ3) is 4.70. The van der Waals surface area contributed by atoms with Crippen molar-refractivity contribution in [1.82, 2.24) is 15.3 Å². The molecule has 152 valence electrons. The van der Waals surface area contributed by atoms with Crippen LogP contribution < -0.4 is 14.8 Å². The van der Waals surface area contributed by atoms with Gasteiger partial charge in [-0.05, 0) is 50.1 Å². The third-order valence-corrected chi connectivity index (χ3v) is 5.24. The van der Waals surface area contributed by atoms with Crippen molar-refractivity contribution in [2.75, 3.05) is 13.2 Å². The fourth-order valence-corrected chi connectivity index (χ4v) is 3.79. The molecule has 3 aromatic rings. The Bertz CT molecular complexity index is 943. The second kappa shape index (κ2) is 8.99. The van der Waals surface area contributed by atoms with E-state index in [0.717, 1.165) is 35.3 Å². The van der Waals surface area contributed by atoms with Crippen LogP contribution in [0.15, 0.2) is 42.5 Å². The minimum atomic E-state index is -0.0827. The maximum Gasteiger partial charge on any atom is 0.258 e. The highest BCUT2D eigenvalue weighted by molar-refractivity contribution is 5.80. The van der Waals surface area contributed by atoms with Crippen molar-refractivity contribution >= 4 is 16.9 Å². The Balaban J connectivity index is 1.46. The summed E-state index contributed by atoms with van der Waals surface area (Å²) in [5.41, 5.74) is 2.81. The van der Waals surface area contributed by atoms with Gasteiger partial charge in [-0.3, -0.25) is 4.79 Å². The number of nitrogens with one attached hydrogen (secondary N) is 2. The molecule has 1 amide bonds. The van der Waals surface area contributed by atoms with Crippen LogP contribution in [0.5, 0.6) is 11.5 Å². The summed E-state index contributed by atoms with van der Waals surface area (Å²) in [6, 6.07) is 13.9. The smallest absolute Gasteiger partial charge is 0.258 e. The summed E-state index contributed by atoms with van der Waals surface area (Å²) in [4.78, 5) is 20.2. The first-order valence-electron chi connectivity index (χ1n) is 10.4. The monoisotopic (exact) mass is 393 g/mol. The summed E-state index contributed by atoms with van der Waals surface area (Å²) in [5.74, 6) is 1.86. The molecule has 6 nitrogen and oxygen atoms in total. The van der Waals surface area contributed by atoms with Crippen LogP contribution in [-0.4, -0.2) is 35.1 Å². The van der Waals surface area contributed by atoms with Crippen molar-refractivity contribution in [3.63, 3.8) is 0 Å². The van der Waals surface area contributed by atoms with Crippen LogP contribution in [0.2, 0.25) is 0 Å². The molecule has 1 aliphatic carbocycles. The number of hydrogen-bond donors (Lipinski definition) is 2. The lowest BCUT2D eigenvalue weighted by Crippen LogP contribution is -2.39. The van der Waals surface area contributed by atoms with Gasteiger partial charge in [0.25, 0.3) is 5.91 Å². The number of carbonyl (C=O) groups excluding carboxylic acids is 1. The van der Waals surface area contributed by atoms with Gasteiger partial charge in [-0.25, -0.2) is 4.98 Å². The number of hydrogen-bond acceptors (Lipinski definition) is 4. The topological polar surface area (TPSA) is 76.2 Å². The Morgan fingerprint density at radius 2 is 1.93 bits per heavy atom. The first-order valence-corrected chi connectivity index (χ1v) is 10.4. The number of aromatic amines is 1. The molecule has 1 aliphatic rings. The maximum atomic E-state index is 12.2. The van der Waals surface area contributed by atoms with Crippen molar-refractivity contribution in [1.29, 1.82) is 0 Å². The summed E-state index contributed by atoms with van der Waals surface area (Å²) >= 11 is 0. The van der Waals surface area contributed by atoms with Gasteiger partial charge in [-0.2, -0.15) is 0 Å². The molecule has 0 saturated heterocycles. The van der Waals surface area contributed by atoms with Crippen LogP contribution in [0.4, 0.5) is 0 Å². The molecule has 0 atom stereocenters. The van der Waals surface area contributed by atoms with E-state index in [-0.39, 0.29) is 18.6 Å². The number of para-hydroxylation sites is 2. The number of aromatic nitrogens is 2. The summed E-state index contributed by atoms with van der Waals surface area (Å²) in [6.07, 6.45) is 5.75. The molecule has 1 saturated carbocycles. The van der Waals surface area contributed by atoms with Gasteiger partial charge in [-0.1, -0.05) is 31.4 Å². The molecule has 0 radical (unpaired) electrons. The number of amides is 1. The molecular formula is C23H27N3O3. The zero-order chi connectivity index (χ0) is 20.1. The number of fused-ring (bicyclic) bond motifs is 1. The lowest BCUT2D eigenvalue weighted by atomic mass is 9.95. The zero-order valence-corrected chi connectivity index (χ0v) is 16.7. The zero-order valence-electron chi connectivity index (χ0n) is 16.7. The molecule has 0 unspecified atom stereocenters. The third-order valence-electron chi connectivity index (χ3n) is 5.24. The summed E-state index contributed by atoms with van der Waals surface area (Å²) in [7, 11) is 0. The van der Waals surface area contributed by atoms with Gasteiger partial charge in [0.05, 0.1) is 17.6 Å². The Labute approximate surface area is 170 Å². The van der Waals surface area contributed by atoms with Crippen molar-refractivity contribution < 1.29 is 14.3 Å². The highest BCUT2D eigenvalue weighted by Crippen LogP contribution is 2.32. The van der Waals surface area contributed by atoms with Crippen LogP contribution >= 0.6 is 0 Å². The molecule has 0 spiro atoms. The summed E-state index contributed by atoms with van der Waals surface area (Å²) < 4.78 is 11.5. The van der Waals surface area contributed by atoms with E-state index < -0.39 is 0 Å². The van der Waals surface area contributed by atoms with Crippen LogP contribution in [0.25, 0.3) is 22.4 Å². The van der Waals surface area contributed by atoms with Gasteiger partial charge in [0.2, 0.25) is 0 Å². The molecular weight excluding hydrogens is 366 g/mol. The highest BCUT2D eigenvalue weighted by atomic mass is 16.5. The molecule has 4 rings (SSSR count). The molecule has 1 heterocycles. The van der Waals surface area contributed by atoms with E-state index >= 15 is 0 Å². The van der Waals surface area contributed by atoms with Crippen LogP contribution in [-0.2, 0) is 4.79 Å². The van der Waals surface area contributed by atoms with Crippen LogP contribution in [0.3, 0.4) is 0 Å². The van der Waals surface area contributed by atoms with E-state index in [2.05, 4.69) is 15.3 Å². The van der Waals surface area contributed by atoms with Crippen molar-refractivity contribution in [2.45, 2.75) is 45.1 Å². The van der Waals surface area contributed by atoms with E-state index in [1.54, 1.807) is 0 Å². The largest absolute Gasteiger partial charge is 0.490 e. The number of benzene rings is 2. The van der Waals surface area contributed by atoms with E-state index in [0.29, 0.717) is 18.1 Å². The SMILES string of the molecule is CCOc1cc(-c2nc3ccccc3[nH]2)ccc1OCC(=O)NC1CCCCC1. The van der Waals surface area contributed by atoms with Crippen molar-refractivity contribution in [3.05, 3.63) is 42.5 Å². The Morgan fingerprint density at radius 1 is 1.10 bits per heavy atom. The average Bonchev–Trinajstić information content (AvgIpc) is 3.18. The molecule has 1 aromatic heterocycles. The first-order chi connectivity index (χ1) is 14.2. The number of ether oxygens (including phenoxy) is 2. The van der Waals surface area contributed by atoms with E-state index in [1.807, 2.05) is 49.4 Å². The first kappa shape index (κ1) is 19.3. The average molecular weight is 393 g/mol. The number of imidazole rings is 1. The molecule has 2 N–H and O–H groups in total. The van der Waals surface area contributed by atoms with Gasteiger partial charge in [0.15, 0.2) is 18.1 Å². The Hall–Kier alpha value is -3.02. The number of rotatable bonds is 7. The molecule has 6 heteroatoms. The molecule has 0 bridgehead atoms. The Morgan fingerprint density at radius 3 is 2.72 bits per heavy atom. The van der Waals surface area contributed by atoms with E-state index in [9.17, 15) is 4.79 Å². The molecule has 2 aromatic carbocycles. The minimum absolute atomic E-state index is 0.0133. The standard InChI is InChI=1S/C23H27N3O3/c1-2-28-21-14-16(23-25-18-10-6-7-11-19(18)26-23)12-13-20(21)29-15-22(27)24-17-8-4-3-5-9-17/h6-7,10-14,17H,2-5,8-9,15H2,1H3,(H,24,27)(H,25,26). The predicted octanol–water partition coefficient (Wildman–Crippen LogP) is 4.46. The number of H-pyrrole nitrogens is 1. The summed E-state index contributed by atoms with van der Waals surface area (Å²) in [6.45, 7) is 2.42. The number of nitrogens with zero attached hydrogens (tertiary/aromatic N) is 1. The maximum absolute atomic E-state index is 12.2. The minimum Gasteiger partial charge on any atom is -0.490 e. The Kier molecular flexibility index (Phi) is 5.98. The van der Waals surface area contributed by atoms with Crippen molar-refractivity contribution in [3.8, 4) is 22.9 Å².